The van der Waals surface area contributed by atoms with E-state index in [1.54, 1.807) is 48.4 Å². The van der Waals surface area contributed by atoms with Crippen LogP contribution in [0.5, 0.6) is 5.75 Å². The van der Waals surface area contributed by atoms with Crippen LogP contribution in [0.1, 0.15) is 30.6 Å². The van der Waals surface area contributed by atoms with Gasteiger partial charge >= 0.3 is 5.97 Å². The fourth-order valence-electron chi connectivity index (χ4n) is 3.23. The molecule has 7 nitrogen and oxygen atoms in total. The van der Waals surface area contributed by atoms with E-state index < -0.39 is 11.9 Å². The van der Waals surface area contributed by atoms with Gasteiger partial charge in [0.2, 0.25) is 11.8 Å². The summed E-state index contributed by atoms with van der Waals surface area (Å²) in [7, 11) is 1.55. The lowest BCUT2D eigenvalue weighted by Gasteiger charge is -2.19. The second kappa shape index (κ2) is 9.43. The highest BCUT2D eigenvalue weighted by molar-refractivity contribution is 6.04. The topological polar surface area (TPSA) is 84.9 Å². The van der Waals surface area contributed by atoms with Crippen LogP contribution in [0.25, 0.3) is 0 Å². The third kappa shape index (κ3) is 4.97. The van der Waals surface area contributed by atoms with Gasteiger partial charge in [-0.15, -0.1) is 0 Å². The van der Waals surface area contributed by atoms with E-state index in [-0.39, 0.29) is 30.7 Å². The first-order chi connectivity index (χ1) is 14.4. The van der Waals surface area contributed by atoms with Crippen LogP contribution in [0.15, 0.2) is 48.5 Å². The number of carbonyl (C=O) groups excluding carboxylic acids is 3. The zero-order valence-electron chi connectivity index (χ0n) is 17.4. The highest BCUT2D eigenvalue weighted by atomic mass is 16.5. The van der Waals surface area contributed by atoms with Crippen LogP contribution in [0.3, 0.4) is 0 Å². The first-order valence-electron chi connectivity index (χ1n) is 9.90. The van der Waals surface area contributed by atoms with Crippen molar-refractivity contribution >= 4 is 29.2 Å². The Morgan fingerprint density at radius 1 is 1.13 bits per heavy atom. The summed E-state index contributed by atoms with van der Waals surface area (Å²) >= 11 is 0. The third-order valence-electron chi connectivity index (χ3n) is 4.81. The lowest BCUT2D eigenvalue weighted by Crippen LogP contribution is -2.28. The molecule has 3 rings (SSSR count). The maximum atomic E-state index is 12.7. The fourth-order valence-corrected chi connectivity index (χ4v) is 3.23. The van der Waals surface area contributed by atoms with Gasteiger partial charge < -0.3 is 19.7 Å². The van der Waals surface area contributed by atoms with Crippen molar-refractivity contribution < 1.29 is 23.9 Å². The number of esters is 1. The molecule has 0 saturated carbocycles. The maximum absolute atomic E-state index is 12.7. The van der Waals surface area contributed by atoms with Crippen LogP contribution in [0, 0.1) is 11.8 Å². The van der Waals surface area contributed by atoms with Gasteiger partial charge in [0.1, 0.15) is 5.75 Å². The van der Waals surface area contributed by atoms with E-state index in [1.807, 2.05) is 26.0 Å². The second-order valence-electron chi connectivity index (χ2n) is 7.64. The summed E-state index contributed by atoms with van der Waals surface area (Å²) in [6.45, 7) is 4.57. The molecule has 1 atom stereocenters. The molecule has 0 aromatic heterocycles. The molecule has 2 amide bonds. The number of carbonyl (C=O) groups is 3. The summed E-state index contributed by atoms with van der Waals surface area (Å²) in [4.78, 5) is 38.7. The molecule has 0 unspecified atom stereocenters. The van der Waals surface area contributed by atoms with Gasteiger partial charge in [-0.2, -0.15) is 0 Å². The minimum Gasteiger partial charge on any atom is -0.495 e. The maximum Gasteiger partial charge on any atom is 0.338 e. The lowest BCUT2D eigenvalue weighted by molar-refractivity contribution is -0.122. The molecule has 2 aromatic rings. The van der Waals surface area contributed by atoms with Crippen molar-refractivity contribution in [3.63, 3.8) is 0 Å². The van der Waals surface area contributed by atoms with Crippen molar-refractivity contribution in [1.29, 1.82) is 0 Å². The Morgan fingerprint density at radius 2 is 1.83 bits per heavy atom. The Labute approximate surface area is 176 Å². The summed E-state index contributed by atoms with van der Waals surface area (Å²) in [5.74, 6) is -0.379. The number of benzene rings is 2. The number of nitrogens with zero attached hydrogens (tertiary/aromatic N) is 1. The van der Waals surface area contributed by atoms with E-state index in [4.69, 9.17) is 9.47 Å². The van der Waals surface area contributed by atoms with Crippen molar-refractivity contribution in [3.8, 4) is 5.75 Å². The van der Waals surface area contributed by atoms with Gasteiger partial charge in [-0.25, -0.2) is 4.79 Å². The molecule has 2 aromatic carbocycles. The number of rotatable bonds is 7. The molecule has 0 aliphatic carbocycles. The van der Waals surface area contributed by atoms with E-state index >= 15 is 0 Å². The quantitative estimate of drug-likeness (QED) is 0.706. The number of ether oxygens (including phenoxy) is 2. The average Bonchev–Trinajstić information content (AvgIpc) is 3.14. The number of anilines is 2. The molecule has 0 radical (unpaired) electrons. The molecular weight excluding hydrogens is 384 g/mol. The Hall–Kier alpha value is -3.35. The zero-order valence-corrected chi connectivity index (χ0v) is 17.4. The number of para-hydroxylation sites is 2. The number of hydrogen-bond donors (Lipinski definition) is 1. The van der Waals surface area contributed by atoms with Crippen molar-refractivity contribution in [2.45, 2.75) is 20.3 Å². The Morgan fingerprint density at radius 3 is 2.50 bits per heavy atom. The predicted octanol–water partition coefficient (Wildman–Crippen LogP) is 3.50. The van der Waals surface area contributed by atoms with Gasteiger partial charge in [-0.1, -0.05) is 26.0 Å². The molecule has 0 bridgehead atoms. The van der Waals surface area contributed by atoms with Gasteiger partial charge in [-0.05, 0) is 42.3 Å². The summed E-state index contributed by atoms with van der Waals surface area (Å²) in [6.07, 6.45) is 0.128. The van der Waals surface area contributed by atoms with Crippen molar-refractivity contribution in [2.24, 2.45) is 11.8 Å². The van der Waals surface area contributed by atoms with Crippen molar-refractivity contribution in [1.82, 2.24) is 0 Å². The van der Waals surface area contributed by atoms with E-state index in [1.165, 1.54) is 0 Å². The van der Waals surface area contributed by atoms with Gasteiger partial charge in [0.25, 0.3) is 0 Å². The van der Waals surface area contributed by atoms with Gasteiger partial charge in [0, 0.05) is 18.7 Å². The smallest absolute Gasteiger partial charge is 0.338 e. The predicted molar refractivity (Wildman–Crippen MR) is 114 cm³/mol. The highest BCUT2D eigenvalue weighted by Gasteiger charge is 2.36. The van der Waals surface area contributed by atoms with Crippen LogP contribution < -0.4 is 15.0 Å². The number of nitrogens with one attached hydrogen (secondary N) is 1. The fraction of sp³-hybridized carbons (Fsp3) is 0.348. The van der Waals surface area contributed by atoms with E-state index in [0.29, 0.717) is 29.3 Å². The average molecular weight is 410 g/mol. The van der Waals surface area contributed by atoms with Crippen LogP contribution in [0.4, 0.5) is 11.4 Å². The third-order valence-corrected chi connectivity index (χ3v) is 4.81. The molecule has 1 N–H and O–H groups in total. The first kappa shape index (κ1) is 21.4. The Balaban J connectivity index is 1.61. The normalized spacial score (nSPS) is 15.9. The van der Waals surface area contributed by atoms with Crippen LogP contribution >= 0.6 is 0 Å². The van der Waals surface area contributed by atoms with Gasteiger partial charge in [0.15, 0.2) is 0 Å². The summed E-state index contributed by atoms with van der Waals surface area (Å²) < 4.78 is 10.5. The largest absolute Gasteiger partial charge is 0.495 e. The SMILES string of the molecule is COc1ccccc1N1C[C@H](C(=O)Nc2ccc(C(=O)OCC(C)C)cc2)CC1=O. The first-order valence-corrected chi connectivity index (χ1v) is 9.90. The molecular formula is C23H26N2O5. The van der Waals surface area contributed by atoms with Crippen molar-refractivity contribution in [3.05, 3.63) is 54.1 Å². The van der Waals surface area contributed by atoms with Crippen LogP contribution in [-0.2, 0) is 14.3 Å². The minimum atomic E-state index is -0.474. The van der Waals surface area contributed by atoms with E-state index in [9.17, 15) is 14.4 Å². The summed E-state index contributed by atoms with van der Waals surface area (Å²) in [5.41, 5.74) is 1.64. The summed E-state index contributed by atoms with van der Waals surface area (Å²) in [5, 5.41) is 2.82. The van der Waals surface area contributed by atoms with Gasteiger partial charge in [-0.3, -0.25) is 9.59 Å². The van der Waals surface area contributed by atoms with E-state index in [0.717, 1.165) is 0 Å². The molecule has 7 heteroatoms. The monoisotopic (exact) mass is 410 g/mol. The molecule has 1 fully saturated rings. The van der Waals surface area contributed by atoms with Gasteiger partial charge in [0.05, 0.1) is 30.9 Å². The van der Waals surface area contributed by atoms with Crippen LogP contribution in [0.2, 0.25) is 0 Å². The standard InChI is InChI=1S/C23H26N2O5/c1-15(2)14-30-23(28)16-8-10-18(11-9-16)24-22(27)17-12-21(26)25(13-17)19-6-4-5-7-20(19)29-3/h4-11,15,17H,12-14H2,1-3H3,(H,24,27)/t17-/m1/s1. The highest BCUT2D eigenvalue weighted by Crippen LogP contribution is 2.33. The minimum absolute atomic E-state index is 0.122. The lowest BCUT2D eigenvalue weighted by atomic mass is 10.1. The summed E-state index contributed by atoms with van der Waals surface area (Å²) in [6, 6.07) is 13.8. The van der Waals surface area contributed by atoms with Crippen LogP contribution in [-0.4, -0.2) is 38.0 Å². The Bertz CT molecular complexity index is 923. The second-order valence-corrected chi connectivity index (χ2v) is 7.64. The number of methoxy groups -OCH3 is 1. The molecule has 1 heterocycles. The van der Waals surface area contributed by atoms with Crippen molar-refractivity contribution in [2.75, 3.05) is 30.5 Å². The number of hydrogen-bond acceptors (Lipinski definition) is 5. The molecule has 30 heavy (non-hydrogen) atoms. The number of amides is 2. The molecule has 1 aliphatic heterocycles. The molecule has 1 aliphatic rings. The molecule has 1 saturated heterocycles. The molecule has 0 spiro atoms. The molecule has 158 valence electrons. The zero-order chi connectivity index (χ0) is 21.7. The Kier molecular flexibility index (Phi) is 6.72. The van der Waals surface area contributed by atoms with E-state index in [2.05, 4.69) is 5.32 Å².